The standard InChI is InChI=1S/C16H24N2O3/c1-6-9(2)14(16(20)21-5)18-15(19)12-7-10(3)13(17)11(4)8-12/h7-9,14H,6,17H2,1-5H3,(H,18,19). The molecule has 116 valence electrons. The van der Waals surface area contributed by atoms with Gasteiger partial charge in [-0.3, -0.25) is 4.79 Å². The van der Waals surface area contributed by atoms with E-state index in [0.717, 1.165) is 17.5 Å². The van der Waals surface area contributed by atoms with E-state index in [0.29, 0.717) is 11.3 Å². The number of methoxy groups -OCH3 is 1. The van der Waals surface area contributed by atoms with Crippen LogP contribution in [-0.2, 0) is 9.53 Å². The first kappa shape index (κ1) is 17.0. The normalized spacial score (nSPS) is 13.4. The zero-order chi connectivity index (χ0) is 16.2. The van der Waals surface area contributed by atoms with Crippen LogP contribution >= 0.6 is 0 Å². The predicted molar refractivity (Wildman–Crippen MR) is 83.1 cm³/mol. The second-order valence-electron chi connectivity index (χ2n) is 5.38. The molecular formula is C16H24N2O3. The van der Waals surface area contributed by atoms with Crippen molar-refractivity contribution in [2.24, 2.45) is 5.92 Å². The minimum Gasteiger partial charge on any atom is -0.467 e. The fourth-order valence-corrected chi connectivity index (χ4v) is 2.13. The van der Waals surface area contributed by atoms with Crippen LogP contribution in [0.15, 0.2) is 12.1 Å². The molecule has 0 bridgehead atoms. The summed E-state index contributed by atoms with van der Waals surface area (Å²) >= 11 is 0. The first-order chi connectivity index (χ1) is 9.81. The van der Waals surface area contributed by atoms with Crippen molar-refractivity contribution >= 4 is 17.6 Å². The molecule has 0 fully saturated rings. The third-order valence-electron chi connectivity index (χ3n) is 3.81. The number of benzene rings is 1. The van der Waals surface area contributed by atoms with Gasteiger partial charge in [0.25, 0.3) is 5.91 Å². The lowest BCUT2D eigenvalue weighted by Gasteiger charge is -2.22. The van der Waals surface area contributed by atoms with E-state index in [2.05, 4.69) is 5.32 Å². The Balaban J connectivity index is 2.99. The van der Waals surface area contributed by atoms with E-state index in [-0.39, 0.29) is 11.8 Å². The topological polar surface area (TPSA) is 81.4 Å². The van der Waals surface area contributed by atoms with E-state index >= 15 is 0 Å². The second kappa shape index (κ2) is 7.11. The molecule has 1 amide bonds. The van der Waals surface area contributed by atoms with Crippen molar-refractivity contribution in [1.29, 1.82) is 0 Å². The Bertz CT molecular complexity index is 517. The summed E-state index contributed by atoms with van der Waals surface area (Å²) in [6.07, 6.45) is 0.764. The molecule has 0 saturated heterocycles. The lowest BCUT2D eigenvalue weighted by molar-refractivity contribution is -0.144. The number of ether oxygens (including phenoxy) is 1. The van der Waals surface area contributed by atoms with Gasteiger partial charge in [-0.25, -0.2) is 4.79 Å². The molecule has 2 unspecified atom stereocenters. The molecule has 0 aliphatic carbocycles. The van der Waals surface area contributed by atoms with Gasteiger partial charge in [-0.15, -0.1) is 0 Å². The monoisotopic (exact) mass is 292 g/mol. The van der Waals surface area contributed by atoms with Gasteiger partial charge in [-0.1, -0.05) is 20.3 Å². The Labute approximate surface area is 125 Å². The molecule has 5 heteroatoms. The van der Waals surface area contributed by atoms with E-state index in [1.54, 1.807) is 12.1 Å². The average molecular weight is 292 g/mol. The number of carbonyl (C=O) groups is 2. The maximum Gasteiger partial charge on any atom is 0.328 e. The van der Waals surface area contributed by atoms with Gasteiger partial charge in [-0.2, -0.15) is 0 Å². The van der Waals surface area contributed by atoms with Crippen molar-refractivity contribution in [3.05, 3.63) is 28.8 Å². The molecular weight excluding hydrogens is 268 g/mol. The first-order valence-corrected chi connectivity index (χ1v) is 7.07. The van der Waals surface area contributed by atoms with E-state index in [9.17, 15) is 9.59 Å². The number of amides is 1. The largest absolute Gasteiger partial charge is 0.467 e. The molecule has 1 aromatic carbocycles. The van der Waals surface area contributed by atoms with E-state index in [4.69, 9.17) is 10.5 Å². The number of anilines is 1. The third kappa shape index (κ3) is 3.97. The molecule has 0 aliphatic heterocycles. The smallest absolute Gasteiger partial charge is 0.328 e. The molecule has 3 N–H and O–H groups in total. The minimum absolute atomic E-state index is 0.00243. The molecule has 0 heterocycles. The molecule has 5 nitrogen and oxygen atoms in total. The summed E-state index contributed by atoms with van der Waals surface area (Å²) in [4.78, 5) is 24.2. The molecule has 21 heavy (non-hydrogen) atoms. The highest BCUT2D eigenvalue weighted by Gasteiger charge is 2.27. The van der Waals surface area contributed by atoms with Crippen LogP contribution < -0.4 is 11.1 Å². The van der Waals surface area contributed by atoms with Crippen LogP contribution in [0.1, 0.15) is 41.8 Å². The van der Waals surface area contributed by atoms with Crippen LogP contribution in [0.3, 0.4) is 0 Å². The highest BCUT2D eigenvalue weighted by Crippen LogP contribution is 2.19. The van der Waals surface area contributed by atoms with Crippen molar-refractivity contribution in [1.82, 2.24) is 5.32 Å². The zero-order valence-electron chi connectivity index (χ0n) is 13.3. The SMILES string of the molecule is CCC(C)C(NC(=O)c1cc(C)c(N)c(C)c1)C(=O)OC. The van der Waals surface area contributed by atoms with Gasteiger partial charge < -0.3 is 15.8 Å². The van der Waals surface area contributed by atoms with Crippen LogP contribution in [0, 0.1) is 19.8 Å². The van der Waals surface area contributed by atoms with Gasteiger partial charge in [0.05, 0.1) is 7.11 Å². The van der Waals surface area contributed by atoms with Gasteiger partial charge >= 0.3 is 5.97 Å². The number of rotatable bonds is 5. The molecule has 2 atom stereocenters. The fourth-order valence-electron chi connectivity index (χ4n) is 2.13. The number of hydrogen-bond acceptors (Lipinski definition) is 4. The van der Waals surface area contributed by atoms with Gasteiger partial charge in [0.15, 0.2) is 0 Å². The number of nitrogen functional groups attached to an aromatic ring is 1. The summed E-state index contributed by atoms with van der Waals surface area (Å²) in [6, 6.07) is 2.80. The van der Waals surface area contributed by atoms with Crippen molar-refractivity contribution in [2.75, 3.05) is 12.8 Å². The highest BCUT2D eigenvalue weighted by atomic mass is 16.5. The average Bonchev–Trinajstić information content (AvgIpc) is 2.47. The second-order valence-corrected chi connectivity index (χ2v) is 5.38. The maximum absolute atomic E-state index is 12.4. The minimum atomic E-state index is -0.648. The molecule has 0 aliphatic rings. The highest BCUT2D eigenvalue weighted by molar-refractivity contribution is 5.97. The van der Waals surface area contributed by atoms with Crippen LogP contribution in [0.5, 0.6) is 0 Å². The van der Waals surface area contributed by atoms with Crippen LogP contribution in [0.2, 0.25) is 0 Å². The zero-order valence-corrected chi connectivity index (χ0v) is 13.3. The maximum atomic E-state index is 12.4. The lowest BCUT2D eigenvalue weighted by Crippen LogP contribution is -2.45. The number of esters is 1. The Morgan fingerprint density at radius 2 is 1.81 bits per heavy atom. The first-order valence-electron chi connectivity index (χ1n) is 7.07. The molecule has 0 saturated carbocycles. The Kier molecular flexibility index (Phi) is 5.76. The van der Waals surface area contributed by atoms with Crippen LogP contribution in [-0.4, -0.2) is 25.0 Å². The molecule has 0 aromatic heterocycles. The number of hydrogen-bond donors (Lipinski definition) is 2. The van der Waals surface area contributed by atoms with Gasteiger partial charge in [0.1, 0.15) is 6.04 Å². The van der Waals surface area contributed by atoms with Crippen molar-refractivity contribution < 1.29 is 14.3 Å². The summed E-state index contributed by atoms with van der Waals surface area (Å²) in [5, 5.41) is 2.75. The van der Waals surface area contributed by atoms with Gasteiger partial charge in [0.2, 0.25) is 0 Å². The van der Waals surface area contributed by atoms with E-state index < -0.39 is 12.0 Å². The van der Waals surface area contributed by atoms with Gasteiger partial charge in [-0.05, 0) is 43.0 Å². The van der Waals surface area contributed by atoms with Crippen LogP contribution in [0.25, 0.3) is 0 Å². The van der Waals surface area contributed by atoms with Gasteiger partial charge in [0, 0.05) is 11.3 Å². The molecule has 1 rings (SSSR count). The summed E-state index contributed by atoms with van der Waals surface area (Å²) in [5.74, 6) is -0.726. The number of nitrogens with two attached hydrogens (primary N) is 1. The summed E-state index contributed by atoms with van der Waals surface area (Å²) in [7, 11) is 1.32. The van der Waals surface area contributed by atoms with Crippen molar-refractivity contribution in [2.45, 2.75) is 40.2 Å². The third-order valence-corrected chi connectivity index (χ3v) is 3.81. The van der Waals surface area contributed by atoms with Crippen molar-refractivity contribution in [3.63, 3.8) is 0 Å². The lowest BCUT2D eigenvalue weighted by atomic mass is 9.98. The summed E-state index contributed by atoms with van der Waals surface area (Å²) in [5.41, 5.74) is 8.75. The fraction of sp³-hybridized carbons (Fsp3) is 0.500. The Morgan fingerprint density at radius 3 is 2.24 bits per heavy atom. The number of carbonyl (C=O) groups excluding carboxylic acids is 2. The predicted octanol–water partition coefficient (Wildman–Crippen LogP) is 2.20. The Hall–Kier alpha value is -2.04. The summed E-state index contributed by atoms with van der Waals surface area (Å²) < 4.78 is 4.76. The number of nitrogens with one attached hydrogen (secondary N) is 1. The van der Waals surface area contributed by atoms with E-state index in [1.165, 1.54) is 7.11 Å². The molecule has 1 aromatic rings. The Morgan fingerprint density at radius 1 is 1.29 bits per heavy atom. The van der Waals surface area contributed by atoms with Crippen molar-refractivity contribution in [3.8, 4) is 0 Å². The number of aryl methyl sites for hydroxylation is 2. The van der Waals surface area contributed by atoms with Crippen LogP contribution in [0.4, 0.5) is 5.69 Å². The van der Waals surface area contributed by atoms with E-state index in [1.807, 2.05) is 27.7 Å². The summed E-state index contributed by atoms with van der Waals surface area (Å²) in [6.45, 7) is 7.57. The quantitative estimate of drug-likeness (QED) is 0.644. The molecule has 0 radical (unpaired) electrons. The molecule has 0 spiro atoms.